The van der Waals surface area contributed by atoms with Crippen molar-refractivity contribution in [3.63, 3.8) is 0 Å². The van der Waals surface area contributed by atoms with E-state index in [0.29, 0.717) is 17.5 Å². The van der Waals surface area contributed by atoms with Crippen LogP contribution in [0.5, 0.6) is 0 Å². The molecular formula is C33H23N3S. The van der Waals surface area contributed by atoms with Crippen LogP contribution in [0.3, 0.4) is 0 Å². The molecule has 0 unspecified atom stereocenters. The summed E-state index contributed by atoms with van der Waals surface area (Å²) in [4.78, 5) is 14.8. The van der Waals surface area contributed by atoms with Gasteiger partial charge in [0.05, 0.1) is 0 Å². The van der Waals surface area contributed by atoms with E-state index in [4.69, 9.17) is 15.0 Å². The number of rotatable bonds is 6. The van der Waals surface area contributed by atoms with E-state index in [9.17, 15) is 0 Å². The van der Waals surface area contributed by atoms with Gasteiger partial charge in [0.2, 0.25) is 0 Å². The molecule has 0 saturated heterocycles. The molecule has 4 aromatic carbocycles. The normalized spacial score (nSPS) is 11.6. The van der Waals surface area contributed by atoms with Gasteiger partial charge in [-0.05, 0) is 23.3 Å². The highest BCUT2D eigenvalue weighted by molar-refractivity contribution is 7.26. The highest BCUT2D eigenvalue weighted by Crippen LogP contribution is 2.39. The molecule has 0 aliphatic carbocycles. The van der Waals surface area contributed by atoms with Crippen molar-refractivity contribution < 1.29 is 0 Å². The molecule has 0 fully saturated rings. The second-order valence-corrected chi connectivity index (χ2v) is 9.64. The minimum atomic E-state index is 0.640. The first-order valence-electron chi connectivity index (χ1n) is 12.0. The lowest BCUT2D eigenvalue weighted by Gasteiger charge is -2.10. The standard InChI is InChI=1S/C33H23N3S/c1-3-11-22(4-2)23-18-20-25(21-19-23)32-34-31(24-12-6-5-7-13-24)35-33(36-32)28-16-10-15-27-26-14-8-9-17-29(26)37-30(27)28/h3-21H,1-2H2/b22-11+. The van der Waals surface area contributed by atoms with E-state index in [1.807, 2.05) is 54.6 Å². The molecule has 4 heteroatoms. The van der Waals surface area contributed by atoms with Gasteiger partial charge in [0.1, 0.15) is 0 Å². The number of aromatic nitrogens is 3. The van der Waals surface area contributed by atoms with Crippen molar-refractivity contribution in [3.05, 3.63) is 134 Å². The van der Waals surface area contributed by atoms with Crippen LogP contribution in [0.4, 0.5) is 0 Å². The Hall–Kier alpha value is -4.67. The average Bonchev–Trinajstić information content (AvgIpc) is 3.35. The van der Waals surface area contributed by atoms with Crippen LogP contribution in [0.25, 0.3) is 59.9 Å². The van der Waals surface area contributed by atoms with Crippen LogP contribution in [0.15, 0.2) is 128 Å². The third kappa shape index (κ3) is 4.28. The van der Waals surface area contributed by atoms with Gasteiger partial charge in [0.15, 0.2) is 17.5 Å². The van der Waals surface area contributed by atoms with E-state index >= 15 is 0 Å². The van der Waals surface area contributed by atoms with Crippen molar-refractivity contribution in [1.82, 2.24) is 15.0 Å². The van der Waals surface area contributed by atoms with Gasteiger partial charge in [-0.3, -0.25) is 0 Å². The third-order valence-corrected chi connectivity index (χ3v) is 7.53. The average molecular weight is 494 g/mol. The van der Waals surface area contributed by atoms with Crippen LogP contribution < -0.4 is 0 Å². The summed E-state index contributed by atoms with van der Waals surface area (Å²) in [5.74, 6) is 1.96. The molecule has 0 N–H and O–H groups in total. The molecule has 0 amide bonds. The molecule has 0 spiro atoms. The molecular weight excluding hydrogens is 470 g/mol. The van der Waals surface area contributed by atoms with Crippen molar-refractivity contribution in [2.45, 2.75) is 0 Å². The van der Waals surface area contributed by atoms with Gasteiger partial charge < -0.3 is 0 Å². The molecule has 3 nitrogen and oxygen atoms in total. The fraction of sp³-hybridized carbons (Fsp3) is 0. The van der Waals surface area contributed by atoms with Crippen molar-refractivity contribution in [1.29, 1.82) is 0 Å². The predicted molar refractivity (Wildman–Crippen MR) is 157 cm³/mol. The van der Waals surface area contributed by atoms with E-state index in [-0.39, 0.29) is 0 Å². The van der Waals surface area contributed by atoms with E-state index in [2.05, 4.69) is 67.8 Å². The Kier molecular flexibility index (Phi) is 6.01. The van der Waals surface area contributed by atoms with Gasteiger partial charge in [-0.2, -0.15) is 0 Å². The minimum absolute atomic E-state index is 0.640. The molecule has 2 aromatic heterocycles. The lowest BCUT2D eigenvalue weighted by Crippen LogP contribution is -2.00. The molecule has 2 heterocycles. The Morgan fingerprint density at radius 2 is 1.27 bits per heavy atom. The smallest absolute Gasteiger partial charge is 0.165 e. The van der Waals surface area contributed by atoms with E-state index < -0.39 is 0 Å². The first-order chi connectivity index (χ1) is 18.2. The number of allylic oxidation sites excluding steroid dienone is 4. The molecule has 0 bridgehead atoms. The van der Waals surface area contributed by atoms with Crippen LogP contribution in [-0.2, 0) is 0 Å². The first kappa shape index (κ1) is 22.8. The summed E-state index contributed by atoms with van der Waals surface area (Å²) in [6.45, 7) is 7.72. The predicted octanol–water partition coefficient (Wildman–Crippen LogP) is 9.00. The molecule has 0 aliphatic rings. The number of nitrogens with zero attached hydrogens (tertiary/aromatic N) is 3. The molecule has 0 saturated carbocycles. The zero-order valence-corrected chi connectivity index (χ0v) is 21.0. The maximum absolute atomic E-state index is 4.98. The summed E-state index contributed by atoms with van der Waals surface area (Å²) in [6, 6.07) is 33.1. The van der Waals surface area contributed by atoms with Crippen LogP contribution in [0.1, 0.15) is 5.56 Å². The molecule has 37 heavy (non-hydrogen) atoms. The highest BCUT2D eigenvalue weighted by atomic mass is 32.1. The van der Waals surface area contributed by atoms with Gasteiger partial charge in [-0.15, -0.1) is 11.3 Å². The number of hydrogen-bond donors (Lipinski definition) is 0. The first-order valence-corrected chi connectivity index (χ1v) is 12.8. The summed E-state index contributed by atoms with van der Waals surface area (Å²) in [7, 11) is 0. The molecule has 6 aromatic rings. The zero-order chi connectivity index (χ0) is 25.2. The van der Waals surface area contributed by atoms with E-state index in [1.165, 1.54) is 20.2 Å². The maximum atomic E-state index is 4.98. The summed E-state index contributed by atoms with van der Waals surface area (Å²) in [5.41, 5.74) is 4.97. The van der Waals surface area contributed by atoms with E-state index in [0.717, 1.165) is 27.8 Å². The van der Waals surface area contributed by atoms with Crippen molar-refractivity contribution in [2.75, 3.05) is 0 Å². The zero-order valence-electron chi connectivity index (χ0n) is 20.1. The van der Waals surface area contributed by atoms with Crippen LogP contribution in [-0.4, -0.2) is 15.0 Å². The number of fused-ring (bicyclic) bond motifs is 3. The summed E-state index contributed by atoms with van der Waals surface area (Å²) >= 11 is 1.77. The summed E-state index contributed by atoms with van der Waals surface area (Å²) < 4.78 is 2.43. The largest absolute Gasteiger partial charge is 0.208 e. The lowest BCUT2D eigenvalue weighted by molar-refractivity contribution is 1.08. The maximum Gasteiger partial charge on any atom is 0.165 e. The Morgan fingerprint density at radius 1 is 0.622 bits per heavy atom. The fourth-order valence-corrected chi connectivity index (χ4v) is 5.70. The molecule has 0 radical (unpaired) electrons. The monoisotopic (exact) mass is 493 g/mol. The van der Waals surface area contributed by atoms with Crippen molar-refractivity contribution in [2.24, 2.45) is 0 Å². The highest BCUT2D eigenvalue weighted by Gasteiger charge is 2.16. The Labute approximate surface area is 219 Å². The second-order valence-electron chi connectivity index (χ2n) is 8.59. The van der Waals surface area contributed by atoms with Gasteiger partial charge in [-0.1, -0.05) is 116 Å². The Bertz CT molecular complexity index is 1800. The second kappa shape index (κ2) is 9.76. The van der Waals surface area contributed by atoms with Crippen molar-refractivity contribution >= 4 is 37.1 Å². The molecule has 6 rings (SSSR count). The third-order valence-electron chi connectivity index (χ3n) is 6.31. The summed E-state index contributed by atoms with van der Waals surface area (Å²) in [6.07, 6.45) is 5.54. The molecule has 0 aliphatic heterocycles. The Balaban J connectivity index is 1.54. The molecule has 0 atom stereocenters. The topological polar surface area (TPSA) is 38.7 Å². The summed E-state index contributed by atoms with van der Waals surface area (Å²) in [5, 5.41) is 2.47. The van der Waals surface area contributed by atoms with Crippen LogP contribution in [0, 0.1) is 0 Å². The van der Waals surface area contributed by atoms with Crippen LogP contribution >= 0.6 is 11.3 Å². The number of benzene rings is 4. The van der Waals surface area contributed by atoms with Gasteiger partial charge in [0.25, 0.3) is 0 Å². The van der Waals surface area contributed by atoms with Crippen LogP contribution in [0.2, 0.25) is 0 Å². The SMILES string of the molecule is C=C/C=C(\C=C)c1ccc(-c2nc(-c3ccccc3)nc(-c3cccc4c3sc3ccccc34)n2)cc1. The van der Waals surface area contributed by atoms with Gasteiger partial charge >= 0.3 is 0 Å². The number of thiophene rings is 1. The van der Waals surface area contributed by atoms with Gasteiger partial charge in [-0.25, -0.2) is 15.0 Å². The van der Waals surface area contributed by atoms with Crippen molar-refractivity contribution in [3.8, 4) is 34.2 Å². The molecule has 176 valence electrons. The lowest BCUT2D eigenvalue weighted by atomic mass is 10.0. The quantitative estimate of drug-likeness (QED) is 0.217. The fourth-order valence-electron chi connectivity index (χ4n) is 4.49. The minimum Gasteiger partial charge on any atom is -0.208 e. The Morgan fingerprint density at radius 3 is 2.00 bits per heavy atom. The van der Waals surface area contributed by atoms with Gasteiger partial charge in [0, 0.05) is 36.9 Å². The number of hydrogen-bond acceptors (Lipinski definition) is 4. The van der Waals surface area contributed by atoms with E-state index in [1.54, 1.807) is 17.4 Å².